The zero-order valence-corrected chi connectivity index (χ0v) is 11.0. The van der Waals surface area contributed by atoms with Crippen LogP contribution in [0.25, 0.3) is 0 Å². The molecule has 0 fully saturated rings. The van der Waals surface area contributed by atoms with Gasteiger partial charge in [0.1, 0.15) is 6.04 Å². The van der Waals surface area contributed by atoms with Crippen LogP contribution < -0.4 is 16.4 Å². The van der Waals surface area contributed by atoms with E-state index in [0.29, 0.717) is 10.7 Å². The van der Waals surface area contributed by atoms with Gasteiger partial charge in [-0.2, -0.15) is 0 Å². The Morgan fingerprint density at radius 1 is 1.22 bits per heavy atom. The second kappa shape index (κ2) is 6.26. The maximum absolute atomic E-state index is 12.0. The molecule has 6 heteroatoms. The van der Waals surface area contributed by atoms with E-state index in [1.165, 1.54) is 0 Å². The Morgan fingerprint density at radius 3 is 2.22 bits per heavy atom. The number of halogens is 1. The molecule has 0 bridgehead atoms. The minimum absolute atomic E-state index is 0.0650. The van der Waals surface area contributed by atoms with Gasteiger partial charge in [-0.25, -0.2) is 4.79 Å². The number of anilines is 1. The lowest BCUT2D eigenvalue weighted by Crippen LogP contribution is -2.49. The third-order valence-electron chi connectivity index (χ3n) is 2.36. The first-order chi connectivity index (χ1) is 8.40. The lowest BCUT2D eigenvalue weighted by molar-refractivity contribution is -0.118. The number of hydrogen-bond acceptors (Lipinski definition) is 2. The molecule has 0 heterocycles. The van der Waals surface area contributed by atoms with Crippen molar-refractivity contribution < 1.29 is 9.59 Å². The van der Waals surface area contributed by atoms with Crippen LogP contribution in [-0.2, 0) is 4.79 Å². The van der Waals surface area contributed by atoms with E-state index in [-0.39, 0.29) is 11.8 Å². The number of nitrogens with two attached hydrogens (primary N) is 1. The lowest BCUT2D eigenvalue weighted by atomic mass is 10.0. The number of nitrogens with one attached hydrogen (secondary N) is 2. The molecule has 3 amide bonds. The first-order valence-corrected chi connectivity index (χ1v) is 5.90. The molecule has 4 N–H and O–H groups in total. The van der Waals surface area contributed by atoms with Crippen LogP contribution in [-0.4, -0.2) is 18.0 Å². The molecule has 1 rings (SSSR count). The monoisotopic (exact) mass is 269 g/mol. The smallest absolute Gasteiger partial charge is 0.312 e. The zero-order chi connectivity index (χ0) is 13.7. The molecule has 0 aliphatic rings. The van der Waals surface area contributed by atoms with Gasteiger partial charge in [-0.15, -0.1) is 0 Å². The number of amides is 3. The summed E-state index contributed by atoms with van der Waals surface area (Å²) >= 11 is 5.74. The van der Waals surface area contributed by atoms with Crippen molar-refractivity contribution >= 4 is 29.2 Å². The molecule has 18 heavy (non-hydrogen) atoms. The molecule has 5 nitrogen and oxygen atoms in total. The first-order valence-electron chi connectivity index (χ1n) is 5.52. The molecule has 0 saturated carbocycles. The molecule has 1 atom stereocenters. The Balaban J connectivity index is 2.72. The van der Waals surface area contributed by atoms with Crippen molar-refractivity contribution in [1.82, 2.24) is 5.32 Å². The number of carbonyl (C=O) groups excluding carboxylic acids is 2. The van der Waals surface area contributed by atoms with Crippen LogP contribution >= 0.6 is 11.6 Å². The predicted molar refractivity (Wildman–Crippen MR) is 71.4 cm³/mol. The number of primary amides is 1. The van der Waals surface area contributed by atoms with Crippen molar-refractivity contribution in [2.45, 2.75) is 19.9 Å². The van der Waals surface area contributed by atoms with E-state index in [1.54, 1.807) is 24.3 Å². The molecule has 0 aliphatic carbocycles. The zero-order valence-electron chi connectivity index (χ0n) is 10.2. The topological polar surface area (TPSA) is 84.2 Å². The molecule has 0 saturated heterocycles. The Bertz CT molecular complexity index is 431. The standard InChI is InChI=1S/C12H16ClN3O2/c1-7(2)10(16-12(14)18)11(17)15-9-5-3-8(13)4-6-9/h3-7,10H,1-2H3,(H,15,17)(H3,14,16,18). The molecular weight excluding hydrogens is 254 g/mol. The van der Waals surface area contributed by atoms with Crippen LogP contribution in [0.2, 0.25) is 5.02 Å². The highest BCUT2D eigenvalue weighted by Gasteiger charge is 2.23. The highest BCUT2D eigenvalue weighted by molar-refractivity contribution is 6.30. The summed E-state index contributed by atoms with van der Waals surface area (Å²) in [4.78, 5) is 22.8. The van der Waals surface area contributed by atoms with Crippen LogP contribution in [0.15, 0.2) is 24.3 Å². The van der Waals surface area contributed by atoms with Crippen LogP contribution in [0.1, 0.15) is 13.8 Å². The van der Waals surface area contributed by atoms with E-state index in [4.69, 9.17) is 17.3 Å². The van der Waals surface area contributed by atoms with Crippen molar-refractivity contribution in [2.75, 3.05) is 5.32 Å². The normalized spacial score (nSPS) is 12.0. The minimum Gasteiger partial charge on any atom is -0.352 e. The van der Waals surface area contributed by atoms with E-state index in [0.717, 1.165) is 0 Å². The van der Waals surface area contributed by atoms with Crippen LogP contribution in [0.4, 0.5) is 10.5 Å². The Hall–Kier alpha value is -1.75. The average Bonchev–Trinajstić information content (AvgIpc) is 2.28. The van der Waals surface area contributed by atoms with Crippen LogP contribution in [0.3, 0.4) is 0 Å². The van der Waals surface area contributed by atoms with Crippen LogP contribution in [0, 0.1) is 5.92 Å². The first kappa shape index (κ1) is 14.3. The highest BCUT2D eigenvalue weighted by Crippen LogP contribution is 2.14. The minimum atomic E-state index is -0.722. The molecule has 0 spiro atoms. The number of urea groups is 1. The van der Waals surface area contributed by atoms with Gasteiger partial charge in [-0.3, -0.25) is 4.79 Å². The van der Waals surface area contributed by atoms with E-state index < -0.39 is 12.1 Å². The van der Waals surface area contributed by atoms with Crippen molar-refractivity contribution in [1.29, 1.82) is 0 Å². The van der Waals surface area contributed by atoms with Gasteiger partial charge < -0.3 is 16.4 Å². The summed E-state index contributed by atoms with van der Waals surface area (Å²) in [5.74, 6) is -0.379. The van der Waals surface area contributed by atoms with Gasteiger partial charge in [0.05, 0.1) is 0 Å². The lowest BCUT2D eigenvalue weighted by Gasteiger charge is -2.20. The van der Waals surface area contributed by atoms with Crippen molar-refractivity contribution in [3.63, 3.8) is 0 Å². The maximum atomic E-state index is 12.0. The summed E-state index contributed by atoms with van der Waals surface area (Å²) in [6.45, 7) is 3.64. The molecule has 0 radical (unpaired) electrons. The van der Waals surface area contributed by atoms with Gasteiger partial charge in [0.2, 0.25) is 5.91 Å². The van der Waals surface area contributed by atoms with Gasteiger partial charge in [-0.1, -0.05) is 25.4 Å². The number of benzene rings is 1. The molecule has 1 aromatic carbocycles. The molecule has 0 aromatic heterocycles. The average molecular weight is 270 g/mol. The maximum Gasteiger partial charge on any atom is 0.312 e. The van der Waals surface area contributed by atoms with E-state index in [1.807, 2.05) is 13.8 Å². The summed E-state index contributed by atoms with van der Waals surface area (Å²) in [7, 11) is 0. The molecule has 1 aromatic rings. The fourth-order valence-corrected chi connectivity index (χ4v) is 1.57. The van der Waals surface area contributed by atoms with Crippen molar-refractivity contribution in [3.05, 3.63) is 29.3 Å². The Labute approximate surface area is 111 Å². The summed E-state index contributed by atoms with van der Waals surface area (Å²) in [6.07, 6.45) is 0. The number of hydrogen-bond donors (Lipinski definition) is 3. The molecular formula is C12H16ClN3O2. The highest BCUT2D eigenvalue weighted by atomic mass is 35.5. The Kier molecular flexibility index (Phi) is 4.97. The Morgan fingerprint density at radius 2 is 1.78 bits per heavy atom. The van der Waals surface area contributed by atoms with E-state index in [9.17, 15) is 9.59 Å². The molecule has 1 unspecified atom stereocenters. The predicted octanol–water partition coefficient (Wildman–Crippen LogP) is 1.97. The van der Waals surface area contributed by atoms with Crippen LogP contribution in [0.5, 0.6) is 0 Å². The van der Waals surface area contributed by atoms with E-state index in [2.05, 4.69) is 10.6 Å². The summed E-state index contributed by atoms with van der Waals surface area (Å²) in [5, 5.41) is 5.69. The fourth-order valence-electron chi connectivity index (χ4n) is 1.44. The van der Waals surface area contributed by atoms with Gasteiger partial charge in [-0.05, 0) is 30.2 Å². The second-order valence-electron chi connectivity index (χ2n) is 4.23. The van der Waals surface area contributed by atoms with Crippen molar-refractivity contribution in [2.24, 2.45) is 11.7 Å². The number of carbonyl (C=O) groups is 2. The van der Waals surface area contributed by atoms with Crippen molar-refractivity contribution in [3.8, 4) is 0 Å². The van der Waals surface area contributed by atoms with Gasteiger partial charge in [0.25, 0.3) is 0 Å². The van der Waals surface area contributed by atoms with Gasteiger partial charge in [0.15, 0.2) is 0 Å². The molecule has 0 aliphatic heterocycles. The van der Waals surface area contributed by atoms with E-state index >= 15 is 0 Å². The molecule has 98 valence electrons. The third kappa shape index (κ3) is 4.25. The largest absolute Gasteiger partial charge is 0.352 e. The quantitative estimate of drug-likeness (QED) is 0.781. The summed E-state index contributed by atoms with van der Waals surface area (Å²) in [5.41, 5.74) is 5.65. The van der Waals surface area contributed by atoms with Gasteiger partial charge in [0, 0.05) is 10.7 Å². The second-order valence-corrected chi connectivity index (χ2v) is 4.66. The van der Waals surface area contributed by atoms with Gasteiger partial charge >= 0.3 is 6.03 Å². The summed E-state index contributed by atoms with van der Waals surface area (Å²) < 4.78 is 0. The third-order valence-corrected chi connectivity index (χ3v) is 2.61. The number of rotatable bonds is 4. The SMILES string of the molecule is CC(C)C(NC(N)=O)C(=O)Nc1ccc(Cl)cc1. The summed E-state index contributed by atoms with van der Waals surface area (Å²) in [6, 6.07) is 5.31. The fraction of sp³-hybridized carbons (Fsp3) is 0.333.